The zero-order valence-corrected chi connectivity index (χ0v) is 26.7. The zero-order chi connectivity index (χ0) is 29.5. The predicted molar refractivity (Wildman–Crippen MR) is 172 cm³/mol. The van der Waals surface area contributed by atoms with Crippen LogP contribution in [0.15, 0.2) is 0 Å². The number of amides is 4. The minimum absolute atomic E-state index is 0.0446. The number of nitrogens with two attached hydrogens (primary N) is 2. The normalized spacial score (nSPS) is 20.3. The summed E-state index contributed by atoms with van der Waals surface area (Å²) in [7, 11) is 3.37. The maximum Gasteiger partial charge on any atom is 0.315 e. The van der Waals surface area contributed by atoms with Crippen LogP contribution in [0.1, 0.15) is 44.9 Å². The van der Waals surface area contributed by atoms with Gasteiger partial charge in [-0.25, -0.2) is 4.79 Å². The van der Waals surface area contributed by atoms with E-state index in [9.17, 15) is 14.4 Å². The molecule has 4 atom stereocenters. The van der Waals surface area contributed by atoms with Crippen LogP contribution in [0.3, 0.4) is 0 Å². The highest BCUT2D eigenvalue weighted by molar-refractivity contribution is 8.76. The highest BCUT2D eigenvalue weighted by Crippen LogP contribution is 2.33. The van der Waals surface area contributed by atoms with Crippen LogP contribution in [0.2, 0.25) is 0 Å². The van der Waals surface area contributed by atoms with E-state index in [4.69, 9.17) is 16.2 Å². The second kappa shape index (κ2) is 23.5. The number of nitrogens with one attached hydrogen (secondary N) is 6. The molecule has 4 amide bonds. The van der Waals surface area contributed by atoms with E-state index in [0.717, 1.165) is 75.4 Å². The Kier molecular flexibility index (Phi) is 20.8. The van der Waals surface area contributed by atoms with E-state index in [1.807, 2.05) is 11.8 Å². The van der Waals surface area contributed by atoms with Gasteiger partial charge in [-0.05, 0) is 64.8 Å². The maximum atomic E-state index is 12.2. The summed E-state index contributed by atoms with van der Waals surface area (Å²) in [5.41, 5.74) is 11.1. The molecule has 0 aromatic rings. The van der Waals surface area contributed by atoms with Gasteiger partial charge in [0.25, 0.3) is 0 Å². The molecule has 0 aliphatic carbocycles. The highest BCUT2D eigenvalue weighted by Gasteiger charge is 2.42. The lowest BCUT2D eigenvalue weighted by atomic mass is 10.0. The van der Waals surface area contributed by atoms with Gasteiger partial charge in [0, 0.05) is 48.6 Å². The first-order valence-electron chi connectivity index (χ1n) is 14.9. The summed E-state index contributed by atoms with van der Waals surface area (Å²) in [4.78, 5) is 35.8. The molecule has 0 saturated carbocycles. The Bertz CT molecular complexity index is 743. The van der Waals surface area contributed by atoms with Crippen LogP contribution in [-0.4, -0.2) is 118 Å². The van der Waals surface area contributed by atoms with E-state index in [-0.39, 0.29) is 42.6 Å². The minimum atomic E-state index is -0.109. The Morgan fingerprint density at radius 1 is 0.927 bits per heavy atom. The quantitative estimate of drug-likeness (QED) is 0.0363. The van der Waals surface area contributed by atoms with Crippen molar-refractivity contribution < 1.29 is 19.1 Å². The number of carbonyl (C=O) groups is 3. The number of unbranched alkanes of at least 4 members (excludes halogenated alkanes) is 1. The highest BCUT2D eigenvalue weighted by atomic mass is 33.1. The van der Waals surface area contributed by atoms with Crippen LogP contribution in [-0.2, 0) is 14.3 Å². The molecule has 4 unspecified atom stereocenters. The topological polar surface area (TPSA) is 185 Å². The molecule has 2 aliphatic heterocycles. The van der Waals surface area contributed by atoms with E-state index in [2.05, 4.69) is 31.9 Å². The molecule has 12 nitrogen and oxygen atoms in total. The molecule has 2 fully saturated rings. The molecular weight excluding hydrogens is 585 g/mol. The number of hydrogen-bond acceptors (Lipinski definition) is 11. The van der Waals surface area contributed by atoms with Crippen LogP contribution in [0.25, 0.3) is 0 Å². The second-order valence-electron chi connectivity index (χ2n) is 10.2. The van der Waals surface area contributed by atoms with Gasteiger partial charge in [0.15, 0.2) is 0 Å². The molecule has 2 heterocycles. The number of ether oxygens (including phenoxy) is 1. The lowest BCUT2D eigenvalue weighted by Gasteiger charge is -2.19. The van der Waals surface area contributed by atoms with Gasteiger partial charge in [-0.1, -0.05) is 28.0 Å². The predicted octanol–water partition coefficient (Wildman–Crippen LogP) is -0.0219. The number of rotatable bonds is 26. The molecule has 2 rings (SSSR count). The van der Waals surface area contributed by atoms with Crippen molar-refractivity contribution >= 4 is 51.2 Å². The average molecular weight is 637 g/mol. The molecule has 0 bridgehead atoms. The Hall–Kier alpha value is -0.940. The molecular formula is C26H52N8O4S3. The monoisotopic (exact) mass is 636 g/mol. The van der Waals surface area contributed by atoms with Crippen molar-refractivity contribution in [1.29, 1.82) is 0 Å². The molecule has 10 N–H and O–H groups in total. The van der Waals surface area contributed by atoms with Gasteiger partial charge < -0.3 is 48.1 Å². The van der Waals surface area contributed by atoms with E-state index in [0.29, 0.717) is 44.4 Å². The van der Waals surface area contributed by atoms with Gasteiger partial charge in [-0.15, -0.1) is 0 Å². The fourth-order valence-corrected chi connectivity index (χ4v) is 7.90. The van der Waals surface area contributed by atoms with Gasteiger partial charge in [0.05, 0.1) is 18.2 Å². The molecule has 41 heavy (non-hydrogen) atoms. The largest absolute Gasteiger partial charge is 0.367 e. The van der Waals surface area contributed by atoms with E-state index < -0.39 is 0 Å². The smallest absolute Gasteiger partial charge is 0.315 e. The van der Waals surface area contributed by atoms with Crippen molar-refractivity contribution in [1.82, 2.24) is 31.9 Å². The number of thioether (sulfide) groups is 1. The first-order chi connectivity index (χ1) is 20.0. The lowest BCUT2D eigenvalue weighted by Crippen LogP contribution is -2.37. The molecule has 0 spiro atoms. The Morgan fingerprint density at radius 2 is 1.63 bits per heavy atom. The number of urea groups is 1. The summed E-state index contributed by atoms with van der Waals surface area (Å²) < 4.78 is 5.86. The molecule has 15 heteroatoms. The minimum Gasteiger partial charge on any atom is -0.367 e. The lowest BCUT2D eigenvalue weighted by molar-refractivity contribution is -0.127. The Balaban J connectivity index is 1.40. The van der Waals surface area contributed by atoms with E-state index in [1.54, 1.807) is 21.6 Å². The average Bonchev–Trinajstić information content (AvgIpc) is 3.51. The number of fused-ring (bicyclic) bond motifs is 1. The fourth-order valence-electron chi connectivity index (χ4n) is 4.54. The zero-order valence-electron chi connectivity index (χ0n) is 24.3. The number of hydrogen-bond donors (Lipinski definition) is 8. The number of carbonyl (C=O) groups excluding carboxylic acids is 3. The van der Waals surface area contributed by atoms with Gasteiger partial charge >= 0.3 is 6.03 Å². The third-order valence-electron chi connectivity index (χ3n) is 6.76. The molecule has 2 saturated heterocycles. The third-order valence-corrected chi connectivity index (χ3v) is 10.7. The Labute approximate surface area is 257 Å². The third kappa shape index (κ3) is 17.1. The molecule has 2 aliphatic rings. The van der Waals surface area contributed by atoms with E-state index >= 15 is 0 Å². The Morgan fingerprint density at radius 3 is 2.37 bits per heavy atom. The van der Waals surface area contributed by atoms with Crippen molar-refractivity contribution in [3.63, 3.8) is 0 Å². The van der Waals surface area contributed by atoms with Gasteiger partial charge in [-0.3, -0.25) is 9.59 Å². The summed E-state index contributed by atoms with van der Waals surface area (Å²) >= 11 is 1.91. The standard InChI is InChI=1S/C26H52N8O4S3/c27-8-3-10-29-12-7-20(17-30-11-4-9-28)38-18-24(36)32-14-16-41-40-15-13-31-23(35)6-2-1-5-22-25-21(19-39-22)33-26(37)34-25/h20-22,25,29-30H,1-19,27-28H2,(H,31,35)(H,32,36)(H2,33,34,37). The molecule has 0 radical (unpaired) electrons. The van der Waals surface area contributed by atoms with E-state index in [1.165, 1.54) is 0 Å². The SMILES string of the molecule is NCCCNCCC(CNCCCN)OCC(=O)NCCSSCCNC(=O)CCCCC1SCC2NC(=O)NC21. The first kappa shape index (κ1) is 36.3. The van der Waals surface area contributed by atoms with Gasteiger partial charge in [-0.2, -0.15) is 11.8 Å². The van der Waals surface area contributed by atoms with Crippen LogP contribution in [0, 0.1) is 0 Å². The van der Waals surface area contributed by atoms with Gasteiger partial charge in [0.1, 0.15) is 6.61 Å². The van der Waals surface area contributed by atoms with Crippen molar-refractivity contribution in [2.45, 2.75) is 68.4 Å². The summed E-state index contributed by atoms with van der Waals surface area (Å²) in [6, 6.07) is 0.429. The summed E-state index contributed by atoms with van der Waals surface area (Å²) in [6.45, 7) is 5.81. The van der Waals surface area contributed by atoms with Crippen molar-refractivity contribution in [3.8, 4) is 0 Å². The summed E-state index contributed by atoms with van der Waals surface area (Å²) in [5.74, 6) is 2.56. The van der Waals surface area contributed by atoms with Crippen LogP contribution < -0.4 is 43.4 Å². The summed E-state index contributed by atoms with van der Waals surface area (Å²) in [6.07, 6.45) is 6.04. The van der Waals surface area contributed by atoms with Crippen LogP contribution in [0.5, 0.6) is 0 Å². The van der Waals surface area contributed by atoms with Crippen LogP contribution >= 0.6 is 33.3 Å². The first-order valence-corrected chi connectivity index (χ1v) is 18.5. The van der Waals surface area contributed by atoms with Crippen molar-refractivity contribution in [2.24, 2.45) is 11.5 Å². The fraction of sp³-hybridized carbons (Fsp3) is 0.885. The molecule has 238 valence electrons. The second-order valence-corrected chi connectivity index (χ2v) is 14.1. The van der Waals surface area contributed by atoms with Crippen molar-refractivity contribution in [2.75, 3.05) is 76.2 Å². The molecule has 0 aromatic carbocycles. The molecule has 0 aromatic heterocycles. The van der Waals surface area contributed by atoms with Crippen molar-refractivity contribution in [3.05, 3.63) is 0 Å². The van der Waals surface area contributed by atoms with Gasteiger partial charge in [0.2, 0.25) is 11.8 Å². The maximum absolute atomic E-state index is 12.2. The summed E-state index contributed by atoms with van der Waals surface area (Å²) in [5, 5.41) is 19.0. The van der Waals surface area contributed by atoms with Crippen LogP contribution in [0.4, 0.5) is 4.79 Å².